The van der Waals surface area contributed by atoms with E-state index < -0.39 is 6.10 Å². The van der Waals surface area contributed by atoms with Gasteiger partial charge >= 0.3 is 0 Å². The van der Waals surface area contributed by atoms with E-state index in [2.05, 4.69) is 6.07 Å². The molecule has 0 saturated carbocycles. The van der Waals surface area contributed by atoms with Crippen LogP contribution in [0.2, 0.25) is 0 Å². The van der Waals surface area contributed by atoms with E-state index in [1.165, 1.54) is 0 Å². The van der Waals surface area contributed by atoms with E-state index in [0.29, 0.717) is 13.1 Å². The summed E-state index contributed by atoms with van der Waals surface area (Å²) in [6.45, 7) is 3.33. The zero-order valence-corrected chi connectivity index (χ0v) is 7.70. The lowest BCUT2D eigenvalue weighted by Gasteiger charge is -2.20. The van der Waals surface area contributed by atoms with Gasteiger partial charge in [0.25, 0.3) is 0 Å². The first-order chi connectivity index (χ1) is 5.60. The van der Waals surface area contributed by atoms with Gasteiger partial charge in [0.15, 0.2) is 0 Å². The Bertz CT molecular complexity index is 155. The molecule has 0 aromatic rings. The van der Waals surface area contributed by atoms with Gasteiger partial charge in [0.1, 0.15) is 0 Å². The first kappa shape index (κ1) is 11.4. The number of hydrogen-bond acceptors (Lipinski definition) is 4. The summed E-state index contributed by atoms with van der Waals surface area (Å²) in [5.41, 5.74) is 5.24. The van der Waals surface area contributed by atoms with Crippen LogP contribution in [-0.4, -0.2) is 42.8 Å². The van der Waals surface area contributed by atoms with Crippen LogP contribution in [0.5, 0.6) is 0 Å². The summed E-state index contributed by atoms with van der Waals surface area (Å²) < 4.78 is 0. The predicted octanol–water partition coefficient (Wildman–Crippen LogP) is -0.603. The zero-order chi connectivity index (χ0) is 9.56. The summed E-state index contributed by atoms with van der Waals surface area (Å²) in [6.07, 6.45) is -0.485. The van der Waals surface area contributed by atoms with Crippen LogP contribution in [0.25, 0.3) is 0 Å². The molecule has 12 heavy (non-hydrogen) atoms. The third-order valence-electron chi connectivity index (χ3n) is 1.60. The highest BCUT2D eigenvalue weighted by molar-refractivity contribution is 4.81. The van der Waals surface area contributed by atoms with Crippen molar-refractivity contribution >= 4 is 0 Å². The predicted molar refractivity (Wildman–Crippen MR) is 47.3 cm³/mol. The highest BCUT2D eigenvalue weighted by Gasteiger charge is 2.08. The molecule has 0 amide bonds. The molecule has 4 nitrogen and oxygen atoms in total. The molecule has 0 aromatic carbocycles. The average molecular weight is 171 g/mol. The van der Waals surface area contributed by atoms with Gasteiger partial charge in [-0.05, 0) is 14.0 Å². The number of nitriles is 1. The Labute approximate surface area is 73.6 Å². The minimum absolute atomic E-state index is 0.0000236. The van der Waals surface area contributed by atoms with Crippen LogP contribution in [0.4, 0.5) is 0 Å². The van der Waals surface area contributed by atoms with Gasteiger partial charge in [-0.2, -0.15) is 5.26 Å². The summed E-state index contributed by atoms with van der Waals surface area (Å²) in [6, 6.07) is 2.13. The van der Waals surface area contributed by atoms with Crippen LogP contribution in [0.15, 0.2) is 0 Å². The molecular weight excluding hydrogens is 154 g/mol. The second-order valence-corrected chi connectivity index (χ2v) is 3.14. The van der Waals surface area contributed by atoms with Crippen molar-refractivity contribution in [3.63, 3.8) is 0 Å². The molecule has 4 heteroatoms. The summed E-state index contributed by atoms with van der Waals surface area (Å²) >= 11 is 0. The lowest BCUT2D eigenvalue weighted by atomic mass is 10.2. The quantitative estimate of drug-likeness (QED) is 0.579. The van der Waals surface area contributed by atoms with Crippen molar-refractivity contribution < 1.29 is 5.11 Å². The number of nitrogens with zero attached hydrogens (tertiary/aromatic N) is 2. The summed E-state index contributed by atoms with van der Waals surface area (Å²) in [4.78, 5) is 1.91. The molecule has 2 unspecified atom stereocenters. The van der Waals surface area contributed by atoms with Gasteiger partial charge in [-0.15, -0.1) is 0 Å². The van der Waals surface area contributed by atoms with Crippen LogP contribution in [-0.2, 0) is 0 Å². The third kappa shape index (κ3) is 5.08. The molecule has 0 aliphatic rings. The molecule has 0 saturated heterocycles. The molecule has 0 aromatic heterocycles. The molecule has 0 aliphatic carbocycles. The van der Waals surface area contributed by atoms with Crippen molar-refractivity contribution in [1.29, 1.82) is 5.26 Å². The van der Waals surface area contributed by atoms with Crippen molar-refractivity contribution in [3.05, 3.63) is 0 Å². The van der Waals surface area contributed by atoms with Crippen LogP contribution in [0, 0.1) is 17.2 Å². The van der Waals surface area contributed by atoms with E-state index in [9.17, 15) is 0 Å². The number of aliphatic hydroxyl groups is 1. The van der Waals surface area contributed by atoms with Crippen molar-refractivity contribution in [3.8, 4) is 6.07 Å². The van der Waals surface area contributed by atoms with E-state index in [1.54, 1.807) is 0 Å². The van der Waals surface area contributed by atoms with Gasteiger partial charge in [0, 0.05) is 19.6 Å². The second-order valence-electron chi connectivity index (χ2n) is 3.14. The normalized spacial score (nSPS) is 15.7. The lowest BCUT2D eigenvalue weighted by molar-refractivity contribution is 0.129. The largest absolute Gasteiger partial charge is 0.390 e. The Morgan fingerprint density at radius 3 is 2.58 bits per heavy atom. The number of hydrogen-bond donors (Lipinski definition) is 2. The van der Waals surface area contributed by atoms with E-state index in [4.69, 9.17) is 16.1 Å². The molecular formula is C8H17N3O. The van der Waals surface area contributed by atoms with Gasteiger partial charge in [-0.25, -0.2) is 0 Å². The Kier molecular flexibility index (Phi) is 5.64. The maximum absolute atomic E-state index is 9.16. The second kappa shape index (κ2) is 5.95. The molecule has 0 fully saturated rings. The third-order valence-corrected chi connectivity index (χ3v) is 1.60. The van der Waals surface area contributed by atoms with E-state index in [0.717, 1.165) is 0 Å². The van der Waals surface area contributed by atoms with Gasteiger partial charge in [0.05, 0.1) is 18.1 Å². The van der Waals surface area contributed by atoms with E-state index in [-0.39, 0.29) is 12.5 Å². The minimum atomic E-state index is -0.485. The molecule has 0 heterocycles. The molecule has 2 atom stereocenters. The monoisotopic (exact) mass is 171 g/mol. The lowest BCUT2D eigenvalue weighted by Crippen LogP contribution is -2.36. The van der Waals surface area contributed by atoms with Gasteiger partial charge in [-0.1, -0.05) is 0 Å². The van der Waals surface area contributed by atoms with Gasteiger partial charge < -0.3 is 15.7 Å². The van der Waals surface area contributed by atoms with Crippen molar-refractivity contribution in [2.75, 3.05) is 26.7 Å². The topological polar surface area (TPSA) is 73.3 Å². The molecule has 70 valence electrons. The molecule has 0 radical (unpaired) electrons. The van der Waals surface area contributed by atoms with Gasteiger partial charge in [0.2, 0.25) is 0 Å². The Hall–Kier alpha value is -0.630. The molecule has 0 rings (SSSR count). The van der Waals surface area contributed by atoms with Crippen LogP contribution in [0.3, 0.4) is 0 Å². The van der Waals surface area contributed by atoms with Crippen LogP contribution in [0.1, 0.15) is 6.92 Å². The highest BCUT2D eigenvalue weighted by atomic mass is 16.3. The molecule has 3 N–H and O–H groups in total. The maximum Gasteiger partial charge on any atom is 0.0789 e. The summed E-state index contributed by atoms with van der Waals surface area (Å²) in [5.74, 6) is -0.0000236. The first-order valence-corrected chi connectivity index (χ1v) is 4.06. The number of aliphatic hydroxyl groups excluding tert-OH is 1. The van der Waals surface area contributed by atoms with Crippen LogP contribution >= 0.6 is 0 Å². The fourth-order valence-electron chi connectivity index (χ4n) is 1.02. The molecule has 0 aliphatic heterocycles. The average Bonchev–Trinajstić information content (AvgIpc) is 2.03. The van der Waals surface area contributed by atoms with Crippen molar-refractivity contribution in [2.45, 2.75) is 13.0 Å². The fraction of sp³-hybridized carbons (Fsp3) is 0.875. The van der Waals surface area contributed by atoms with Crippen LogP contribution < -0.4 is 5.73 Å². The van der Waals surface area contributed by atoms with E-state index >= 15 is 0 Å². The zero-order valence-electron chi connectivity index (χ0n) is 7.70. The fourth-order valence-corrected chi connectivity index (χ4v) is 1.02. The smallest absolute Gasteiger partial charge is 0.0789 e. The number of rotatable bonds is 5. The Morgan fingerprint density at radius 1 is 1.58 bits per heavy atom. The molecule has 0 bridgehead atoms. The van der Waals surface area contributed by atoms with Crippen molar-refractivity contribution in [2.24, 2.45) is 11.7 Å². The number of likely N-dealkylation sites (N-methyl/N-ethyl adjacent to an activating group) is 1. The Morgan fingerprint density at radius 2 is 2.17 bits per heavy atom. The van der Waals surface area contributed by atoms with Crippen molar-refractivity contribution in [1.82, 2.24) is 4.90 Å². The maximum atomic E-state index is 9.16. The summed E-state index contributed by atoms with van der Waals surface area (Å²) in [5, 5.41) is 17.7. The Balaban J connectivity index is 3.60. The SMILES string of the molecule is CC(C#N)CN(C)CC(O)CN. The first-order valence-electron chi connectivity index (χ1n) is 4.06. The number of nitrogens with two attached hydrogens (primary N) is 1. The minimum Gasteiger partial charge on any atom is -0.390 e. The van der Waals surface area contributed by atoms with E-state index in [1.807, 2.05) is 18.9 Å². The molecule has 0 spiro atoms. The summed E-state index contributed by atoms with van der Waals surface area (Å²) in [7, 11) is 1.87. The van der Waals surface area contributed by atoms with Gasteiger partial charge in [-0.3, -0.25) is 0 Å². The highest BCUT2D eigenvalue weighted by Crippen LogP contribution is 1.96. The standard InChI is InChI=1S/C8H17N3O/c1-7(3-9)5-11(2)6-8(12)4-10/h7-8,12H,4-6,10H2,1-2H3.